The summed E-state index contributed by atoms with van der Waals surface area (Å²) in [6, 6.07) is 0.973. The molecule has 0 spiro atoms. The number of aromatic nitrogens is 2. The van der Waals surface area contributed by atoms with Crippen molar-refractivity contribution in [3.63, 3.8) is 0 Å². The van der Waals surface area contributed by atoms with Crippen molar-refractivity contribution in [2.45, 2.75) is 39.8 Å². The number of rotatable bonds is 6. The van der Waals surface area contributed by atoms with Gasteiger partial charge < -0.3 is 5.32 Å². The minimum atomic E-state index is -0.0597. The van der Waals surface area contributed by atoms with Gasteiger partial charge in [-0.1, -0.05) is 0 Å². The molecule has 5 heteroatoms. The highest BCUT2D eigenvalue weighted by molar-refractivity contribution is 5.93. The Hall–Kier alpha value is -1.36. The Balaban J connectivity index is 2.39. The summed E-state index contributed by atoms with van der Waals surface area (Å²) in [5.41, 5.74) is 0.609. The molecule has 0 aliphatic heterocycles. The maximum absolute atomic E-state index is 11.8. The number of carbonyl (C=O) groups excluding carboxylic acids is 1. The number of amides is 1. The second-order valence-electron chi connectivity index (χ2n) is 5.08. The lowest BCUT2D eigenvalue weighted by Gasteiger charge is -2.30. The second kappa shape index (κ2) is 6.54. The molecule has 1 rings (SSSR count). The summed E-state index contributed by atoms with van der Waals surface area (Å²) in [7, 11) is 1.80. The van der Waals surface area contributed by atoms with Gasteiger partial charge in [-0.3, -0.25) is 14.4 Å². The van der Waals surface area contributed by atoms with Gasteiger partial charge in [0.2, 0.25) is 0 Å². The zero-order chi connectivity index (χ0) is 13.7. The third-order valence-electron chi connectivity index (χ3n) is 2.95. The van der Waals surface area contributed by atoms with E-state index >= 15 is 0 Å². The van der Waals surface area contributed by atoms with Gasteiger partial charge in [-0.2, -0.15) is 5.10 Å². The number of nitrogens with one attached hydrogen (secondary N) is 1. The lowest BCUT2D eigenvalue weighted by atomic mass is 10.2. The molecule has 0 aliphatic rings. The van der Waals surface area contributed by atoms with E-state index in [4.69, 9.17) is 0 Å². The molecule has 0 radical (unpaired) electrons. The van der Waals surface area contributed by atoms with Crippen LogP contribution in [0.5, 0.6) is 0 Å². The smallest absolute Gasteiger partial charge is 0.254 e. The van der Waals surface area contributed by atoms with Crippen molar-refractivity contribution in [1.29, 1.82) is 0 Å². The van der Waals surface area contributed by atoms with Crippen molar-refractivity contribution in [3.05, 3.63) is 18.0 Å². The molecule has 0 aromatic carbocycles. The van der Waals surface area contributed by atoms with Crippen molar-refractivity contribution in [2.24, 2.45) is 7.05 Å². The molecule has 0 atom stereocenters. The first-order valence-electron chi connectivity index (χ1n) is 6.44. The Morgan fingerprint density at radius 3 is 2.44 bits per heavy atom. The second-order valence-corrected chi connectivity index (χ2v) is 5.08. The van der Waals surface area contributed by atoms with Gasteiger partial charge in [0.25, 0.3) is 5.91 Å². The SMILES string of the molecule is CC(C)N(CCNC(=O)c1cnn(C)c1)C(C)C. The van der Waals surface area contributed by atoms with E-state index in [1.165, 1.54) is 0 Å². The van der Waals surface area contributed by atoms with Crippen LogP contribution in [0.15, 0.2) is 12.4 Å². The van der Waals surface area contributed by atoms with Gasteiger partial charge in [-0.05, 0) is 27.7 Å². The fraction of sp³-hybridized carbons (Fsp3) is 0.692. The molecule has 0 aliphatic carbocycles. The Labute approximate surface area is 109 Å². The summed E-state index contributed by atoms with van der Waals surface area (Å²) in [4.78, 5) is 14.1. The molecule has 0 fully saturated rings. The molecule has 1 aromatic heterocycles. The van der Waals surface area contributed by atoms with Crippen LogP contribution in [0.3, 0.4) is 0 Å². The molecule has 0 saturated heterocycles. The number of nitrogens with zero attached hydrogens (tertiary/aromatic N) is 3. The highest BCUT2D eigenvalue weighted by Gasteiger charge is 2.13. The quantitative estimate of drug-likeness (QED) is 0.829. The van der Waals surface area contributed by atoms with Crippen LogP contribution in [0, 0.1) is 0 Å². The summed E-state index contributed by atoms with van der Waals surface area (Å²) in [6.45, 7) is 10.2. The van der Waals surface area contributed by atoms with Crippen LogP contribution in [-0.4, -0.2) is 45.8 Å². The molecule has 5 nitrogen and oxygen atoms in total. The molecule has 0 bridgehead atoms. The molecule has 1 aromatic rings. The molecule has 1 amide bonds. The van der Waals surface area contributed by atoms with Gasteiger partial charge in [-0.15, -0.1) is 0 Å². The Morgan fingerprint density at radius 1 is 1.39 bits per heavy atom. The fourth-order valence-corrected chi connectivity index (χ4v) is 2.05. The van der Waals surface area contributed by atoms with Crippen LogP contribution in [0.2, 0.25) is 0 Å². The standard InChI is InChI=1S/C13H24N4O/c1-10(2)17(11(3)4)7-6-14-13(18)12-8-15-16(5)9-12/h8-11H,6-7H2,1-5H3,(H,14,18). The van der Waals surface area contributed by atoms with E-state index < -0.39 is 0 Å². The summed E-state index contributed by atoms with van der Waals surface area (Å²) >= 11 is 0. The monoisotopic (exact) mass is 252 g/mol. The predicted molar refractivity (Wildman–Crippen MR) is 72.5 cm³/mol. The van der Waals surface area contributed by atoms with Crippen LogP contribution in [0.1, 0.15) is 38.1 Å². The highest BCUT2D eigenvalue weighted by Crippen LogP contribution is 2.03. The van der Waals surface area contributed by atoms with Gasteiger partial charge in [0.1, 0.15) is 0 Å². The maximum Gasteiger partial charge on any atom is 0.254 e. The van der Waals surface area contributed by atoms with Gasteiger partial charge in [-0.25, -0.2) is 0 Å². The largest absolute Gasteiger partial charge is 0.351 e. The minimum absolute atomic E-state index is 0.0597. The van der Waals surface area contributed by atoms with Crippen LogP contribution in [0.4, 0.5) is 0 Å². The number of hydrogen-bond donors (Lipinski definition) is 1. The van der Waals surface area contributed by atoms with E-state index in [9.17, 15) is 4.79 Å². The zero-order valence-corrected chi connectivity index (χ0v) is 12.0. The number of hydrogen-bond acceptors (Lipinski definition) is 3. The van der Waals surface area contributed by atoms with E-state index in [0.29, 0.717) is 24.2 Å². The van der Waals surface area contributed by atoms with E-state index in [0.717, 1.165) is 6.54 Å². The minimum Gasteiger partial charge on any atom is -0.351 e. The summed E-state index contributed by atoms with van der Waals surface area (Å²) < 4.78 is 1.63. The highest BCUT2D eigenvalue weighted by atomic mass is 16.1. The average Bonchev–Trinajstić information content (AvgIpc) is 2.69. The summed E-state index contributed by atoms with van der Waals surface area (Å²) in [5, 5.41) is 6.90. The lowest BCUT2D eigenvalue weighted by Crippen LogP contribution is -2.42. The zero-order valence-electron chi connectivity index (χ0n) is 12.0. The molecule has 1 N–H and O–H groups in total. The van der Waals surface area contributed by atoms with Crippen LogP contribution in [-0.2, 0) is 7.05 Å². The molecule has 1 heterocycles. The van der Waals surface area contributed by atoms with Gasteiger partial charge in [0.05, 0.1) is 11.8 Å². The Kier molecular flexibility index (Phi) is 5.34. The van der Waals surface area contributed by atoms with E-state index in [-0.39, 0.29) is 5.91 Å². The maximum atomic E-state index is 11.8. The van der Waals surface area contributed by atoms with E-state index in [1.54, 1.807) is 24.1 Å². The van der Waals surface area contributed by atoms with E-state index in [2.05, 4.69) is 43.0 Å². The number of aryl methyl sites for hydroxylation is 1. The number of carbonyl (C=O) groups is 1. The normalized spacial score (nSPS) is 11.6. The third kappa shape index (κ3) is 4.14. The molecular weight excluding hydrogens is 228 g/mol. The van der Waals surface area contributed by atoms with Crippen molar-refractivity contribution >= 4 is 5.91 Å². The first kappa shape index (κ1) is 14.7. The van der Waals surface area contributed by atoms with Crippen LogP contribution >= 0.6 is 0 Å². The van der Waals surface area contributed by atoms with Gasteiger partial charge in [0.15, 0.2) is 0 Å². The van der Waals surface area contributed by atoms with Crippen molar-refractivity contribution in [2.75, 3.05) is 13.1 Å². The van der Waals surface area contributed by atoms with Crippen molar-refractivity contribution in [1.82, 2.24) is 20.0 Å². The van der Waals surface area contributed by atoms with E-state index in [1.807, 2.05) is 0 Å². The third-order valence-corrected chi connectivity index (χ3v) is 2.95. The Bertz CT molecular complexity index is 376. The fourth-order valence-electron chi connectivity index (χ4n) is 2.05. The molecule has 0 saturated carbocycles. The van der Waals surface area contributed by atoms with Gasteiger partial charge >= 0.3 is 0 Å². The molecular formula is C13H24N4O. The van der Waals surface area contributed by atoms with Crippen LogP contribution in [0.25, 0.3) is 0 Å². The summed E-state index contributed by atoms with van der Waals surface area (Å²) in [5.74, 6) is -0.0597. The first-order valence-corrected chi connectivity index (χ1v) is 6.44. The van der Waals surface area contributed by atoms with Crippen LogP contribution < -0.4 is 5.32 Å². The predicted octanol–water partition coefficient (Wildman–Crippen LogP) is 1.27. The first-order chi connectivity index (χ1) is 8.41. The lowest BCUT2D eigenvalue weighted by molar-refractivity contribution is 0.0939. The Morgan fingerprint density at radius 2 is 2.00 bits per heavy atom. The topological polar surface area (TPSA) is 50.2 Å². The van der Waals surface area contributed by atoms with Gasteiger partial charge in [0, 0.05) is 38.4 Å². The average molecular weight is 252 g/mol. The molecule has 0 unspecified atom stereocenters. The van der Waals surface area contributed by atoms with Crippen molar-refractivity contribution in [3.8, 4) is 0 Å². The molecule has 102 valence electrons. The molecule has 18 heavy (non-hydrogen) atoms. The summed E-state index contributed by atoms with van der Waals surface area (Å²) in [6.07, 6.45) is 3.30. The van der Waals surface area contributed by atoms with Crippen molar-refractivity contribution < 1.29 is 4.79 Å².